The number of nitrogens with zero attached hydrogens (tertiary/aromatic N) is 3. The topological polar surface area (TPSA) is 38.7 Å². The molecule has 3 heteroatoms. The summed E-state index contributed by atoms with van der Waals surface area (Å²) < 4.78 is 0. The Labute approximate surface area is 224 Å². The van der Waals surface area contributed by atoms with Gasteiger partial charge in [-0.2, -0.15) is 0 Å². The molecule has 0 aliphatic rings. The van der Waals surface area contributed by atoms with Crippen molar-refractivity contribution < 1.29 is 0 Å². The molecule has 0 amide bonds. The maximum absolute atomic E-state index is 5.03. The number of aromatic nitrogens is 3. The van der Waals surface area contributed by atoms with Gasteiger partial charge in [0.15, 0.2) is 0 Å². The van der Waals surface area contributed by atoms with E-state index in [1.165, 1.54) is 27.5 Å². The van der Waals surface area contributed by atoms with Crippen molar-refractivity contribution in [1.29, 1.82) is 0 Å². The van der Waals surface area contributed by atoms with Crippen LogP contribution in [0.25, 0.3) is 44.2 Å². The van der Waals surface area contributed by atoms with Gasteiger partial charge in [0, 0.05) is 40.0 Å². The molecule has 0 aliphatic heterocycles. The van der Waals surface area contributed by atoms with Gasteiger partial charge in [0.05, 0.1) is 16.9 Å². The number of fused-ring (bicyclic) bond motifs is 2. The maximum atomic E-state index is 5.03. The predicted octanol–water partition coefficient (Wildman–Crippen LogP) is 8.69. The number of rotatable bonds is 7. The summed E-state index contributed by atoms with van der Waals surface area (Å²) in [6.45, 7) is 4.18. The minimum atomic E-state index is 1.01. The standard InChI is InChI=1S/C35H31N3/c1-24-20-32(30-18-16-25(2)38-34(30)21-24)35-31-15-9-8-14-29(31)28(23-37-35)13-7-6-10-26-17-19-33(36-22-26)27-11-4-3-5-12-27/h3-5,8-9,11-12,14-23H,6-7,10,13H2,1-2H3. The number of hydrogen-bond donors (Lipinski definition) is 0. The van der Waals surface area contributed by atoms with Gasteiger partial charge in [-0.3, -0.25) is 15.0 Å². The predicted molar refractivity (Wildman–Crippen MR) is 158 cm³/mol. The largest absolute Gasteiger partial charge is 0.256 e. The molecule has 0 N–H and O–H groups in total. The Morgan fingerprint density at radius 1 is 0.632 bits per heavy atom. The van der Waals surface area contributed by atoms with Crippen molar-refractivity contribution >= 4 is 21.7 Å². The Morgan fingerprint density at radius 3 is 2.24 bits per heavy atom. The smallest absolute Gasteiger partial charge is 0.0787 e. The second-order valence-electron chi connectivity index (χ2n) is 10.1. The third-order valence-electron chi connectivity index (χ3n) is 7.28. The molecule has 0 saturated carbocycles. The van der Waals surface area contributed by atoms with Crippen LogP contribution < -0.4 is 0 Å². The van der Waals surface area contributed by atoms with Crippen molar-refractivity contribution in [3.05, 3.63) is 126 Å². The zero-order chi connectivity index (χ0) is 25.9. The van der Waals surface area contributed by atoms with Crippen LogP contribution in [0.2, 0.25) is 0 Å². The highest BCUT2D eigenvalue weighted by atomic mass is 14.7. The molecular formula is C35H31N3. The van der Waals surface area contributed by atoms with E-state index in [0.29, 0.717) is 0 Å². The van der Waals surface area contributed by atoms with E-state index >= 15 is 0 Å². The van der Waals surface area contributed by atoms with Gasteiger partial charge in [0.1, 0.15) is 0 Å². The normalized spacial score (nSPS) is 11.3. The zero-order valence-corrected chi connectivity index (χ0v) is 22.0. The maximum Gasteiger partial charge on any atom is 0.0787 e. The van der Waals surface area contributed by atoms with Crippen LogP contribution in [-0.4, -0.2) is 15.0 Å². The minimum absolute atomic E-state index is 1.01. The fourth-order valence-electron chi connectivity index (χ4n) is 5.33. The Balaban J connectivity index is 1.20. The van der Waals surface area contributed by atoms with Gasteiger partial charge >= 0.3 is 0 Å². The lowest BCUT2D eigenvalue weighted by Gasteiger charge is -2.13. The minimum Gasteiger partial charge on any atom is -0.256 e. The number of pyridine rings is 3. The van der Waals surface area contributed by atoms with Gasteiger partial charge in [0.25, 0.3) is 0 Å². The molecule has 0 radical (unpaired) electrons. The molecule has 0 saturated heterocycles. The van der Waals surface area contributed by atoms with Crippen LogP contribution in [0.3, 0.4) is 0 Å². The SMILES string of the molecule is Cc1cc(-c2ncc(CCCCc3ccc(-c4ccccc4)nc3)c3ccccc23)c2ccc(C)nc2c1. The quantitative estimate of drug-likeness (QED) is 0.209. The fraction of sp³-hybridized carbons (Fsp3) is 0.171. The molecule has 38 heavy (non-hydrogen) atoms. The molecule has 6 rings (SSSR count). The van der Waals surface area contributed by atoms with Crippen LogP contribution in [0.5, 0.6) is 0 Å². The number of unbranched alkanes of at least 4 members (excludes halogenated alkanes) is 1. The fourth-order valence-corrected chi connectivity index (χ4v) is 5.33. The van der Waals surface area contributed by atoms with Crippen LogP contribution in [0.4, 0.5) is 0 Å². The molecule has 0 atom stereocenters. The van der Waals surface area contributed by atoms with Crippen LogP contribution in [0, 0.1) is 13.8 Å². The van der Waals surface area contributed by atoms with E-state index < -0.39 is 0 Å². The first-order valence-electron chi connectivity index (χ1n) is 13.4. The van der Waals surface area contributed by atoms with Gasteiger partial charge in [-0.25, -0.2) is 0 Å². The summed E-state index contributed by atoms with van der Waals surface area (Å²) in [5.41, 5.74) is 10.2. The summed E-state index contributed by atoms with van der Waals surface area (Å²) in [6.07, 6.45) is 8.39. The molecule has 3 nitrogen and oxygen atoms in total. The van der Waals surface area contributed by atoms with Gasteiger partial charge in [-0.05, 0) is 85.9 Å². The van der Waals surface area contributed by atoms with Crippen LogP contribution >= 0.6 is 0 Å². The van der Waals surface area contributed by atoms with Crippen LogP contribution in [0.15, 0.2) is 103 Å². The van der Waals surface area contributed by atoms with Gasteiger partial charge < -0.3 is 0 Å². The van der Waals surface area contributed by atoms with Gasteiger partial charge in [-0.15, -0.1) is 0 Å². The van der Waals surface area contributed by atoms with Crippen molar-refractivity contribution in [2.45, 2.75) is 39.5 Å². The monoisotopic (exact) mass is 493 g/mol. The summed E-state index contributed by atoms with van der Waals surface area (Å²) in [6, 6.07) is 32.0. The molecule has 0 unspecified atom stereocenters. The summed E-state index contributed by atoms with van der Waals surface area (Å²) in [4.78, 5) is 14.5. The van der Waals surface area contributed by atoms with Crippen molar-refractivity contribution in [3.63, 3.8) is 0 Å². The molecule has 0 spiro atoms. The first-order chi connectivity index (χ1) is 18.7. The highest BCUT2D eigenvalue weighted by Crippen LogP contribution is 2.34. The molecule has 3 heterocycles. The van der Waals surface area contributed by atoms with E-state index in [9.17, 15) is 0 Å². The Morgan fingerprint density at radius 2 is 1.42 bits per heavy atom. The number of benzene rings is 3. The zero-order valence-electron chi connectivity index (χ0n) is 22.0. The van der Waals surface area contributed by atoms with Crippen molar-refractivity contribution in [2.24, 2.45) is 0 Å². The summed E-state index contributed by atoms with van der Waals surface area (Å²) >= 11 is 0. The Hall–Kier alpha value is -4.37. The highest BCUT2D eigenvalue weighted by Gasteiger charge is 2.13. The summed E-state index contributed by atoms with van der Waals surface area (Å²) in [5.74, 6) is 0. The van der Waals surface area contributed by atoms with Crippen molar-refractivity contribution in [3.8, 4) is 22.5 Å². The Bertz CT molecular complexity index is 1720. The molecular weight excluding hydrogens is 462 g/mol. The van der Waals surface area contributed by atoms with Crippen molar-refractivity contribution in [2.75, 3.05) is 0 Å². The molecule has 0 fully saturated rings. The van der Waals surface area contributed by atoms with Crippen LogP contribution in [0.1, 0.15) is 35.2 Å². The van der Waals surface area contributed by atoms with E-state index in [1.54, 1.807) is 0 Å². The second kappa shape index (κ2) is 10.5. The molecule has 3 aromatic carbocycles. The van der Waals surface area contributed by atoms with Gasteiger partial charge in [0.2, 0.25) is 0 Å². The lowest BCUT2D eigenvalue weighted by Crippen LogP contribution is -1.96. The van der Waals surface area contributed by atoms with E-state index in [1.807, 2.05) is 19.2 Å². The number of aryl methyl sites for hydroxylation is 4. The molecule has 0 bridgehead atoms. The third-order valence-corrected chi connectivity index (χ3v) is 7.28. The highest BCUT2D eigenvalue weighted by molar-refractivity contribution is 6.04. The van der Waals surface area contributed by atoms with E-state index in [-0.39, 0.29) is 0 Å². The number of hydrogen-bond acceptors (Lipinski definition) is 3. The average Bonchev–Trinajstić information content (AvgIpc) is 2.95. The molecule has 6 aromatic rings. The van der Waals surface area contributed by atoms with Crippen molar-refractivity contribution in [1.82, 2.24) is 15.0 Å². The van der Waals surface area contributed by atoms with E-state index in [4.69, 9.17) is 9.97 Å². The molecule has 3 aromatic heterocycles. The second-order valence-corrected chi connectivity index (χ2v) is 10.1. The Kier molecular flexibility index (Phi) is 6.66. The van der Waals surface area contributed by atoms with E-state index in [0.717, 1.165) is 64.8 Å². The first-order valence-corrected chi connectivity index (χ1v) is 13.4. The van der Waals surface area contributed by atoms with Gasteiger partial charge in [-0.1, -0.05) is 66.7 Å². The average molecular weight is 494 g/mol. The van der Waals surface area contributed by atoms with E-state index in [2.05, 4.69) is 103 Å². The third kappa shape index (κ3) is 4.92. The summed E-state index contributed by atoms with van der Waals surface area (Å²) in [7, 11) is 0. The summed E-state index contributed by atoms with van der Waals surface area (Å²) in [5, 5.41) is 3.65. The molecule has 0 aliphatic carbocycles. The van der Waals surface area contributed by atoms with Crippen LogP contribution in [-0.2, 0) is 12.8 Å². The lowest BCUT2D eigenvalue weighted by atomic mass is 9.95. The lowest BCUT2D eigenvalue weighted by molar-refractivity contribution is 0.734. The first kappa shape index (κ1) is 24.0. The molecule has 186 valence electrons.